The molecule has 0 amide bonds. The van der Waals surface area contributed by atoms with Gasteiger partial charge >= 0.3 is 0 Å². The summed E-state index contributed by atoms with van der Waals surface area (Å²) < 4.78 is 22.4. The van der Waals surface area contributed by atoms with Crippen LogP contribution in [0.5, 0.6) is 11.5 Å². The van der Waals surface area contributed by atoms with Gasteiger partial charge in [0.1, 0.15) is 6.10 Å². The summed E-state index contributed by atoms with van der Waals surface area (Å²) in [6, 6.07) is 6.09. The Bertz CT molecular complexity index is 647. The van der Waals surface area contributed by atoms with E-state index in [1.54, 1.807) is 14.2 Å². The van der Waals surface area contributed by atoms with Crippen molar-refractivity contribution in [2.75, 3.05) is 54.1 Å². The number of nitrogens with one attached hydrogen (secondary N) is 1. The number of aliphatic imine (C=N–C) groups is 1. The predicted octanol–water partition coefficient (Wildman–Crippen LogP) is 2.09. The smallest absolute Gasteiger partial charge is 0.193 e. The second-order valence-electron chi connectivity index (χ2n) is 7.17. The first kappa shape index (κ1) is 20.7. The molecule has 28 heavy (non-hydrogen) atoms. The number of aryl methyl sites for hydroxylation is 1. The maximum absolute atomic E-state index is 5.94. The van der Waals surface area contributed by atoms with Crippen LogP contribution in [0.1, 0.15) is 24.8 Å². The third-order valence-corrected chi connectivity index (χ3v) is 5.36. The number of nitrogens with zero attached hydrogens (tertiary/aromatic N) is 2. The van der Waals surface area contributed by atoms with Gasteiger partial charge in [-0.1, -0.05) is 6.07 Å². The molecule has 1 aromatic rings. The molecule has 156 valence electrons. The molecule has 0 radical (unpaired) electrons. The first-order valence-electron chi connectivity index (χ1n) is 10.1. The van der Waals surface area contributed by atoms with Crippen LogP contribution in [0.4, 0.5) is 0 Å². The minimum absolute atomic E-state index is 0.140. The van der Waals surface area contributed by atoms with E-state index in [1.807, 2.05) is 19.2 Å². The molecule has 0 aliphatic carbocycles. The van der Waals surface area contributed by atoms with E-state index < -0.39 is 0 Å². The maximum Gasteiger partial charge on any atom is 0.193 e. The van der Waals surface area contributed by atoms with Crippen molar-refractivity contribution in [3.63, 3.8) is 0 Å². The van der Waals surface area contributed by atoms with Crippen LogP contribution in [-0.2, 0) is 15.9 Å². The molecular weight excluding hydrogens is 358 g/mol. The summed E-state index contributed by atoms with van der Waals surface area (Å²) in [4.78, 5) is 6.75. The van der Waals surface area contributed by atoms with E-state index in [0.717, 1.165) is 76.0 Å². The minimum atomic E-state index is 0.140. The lowest BCUT2D eigenvalue weighted by molar-refractivity contribution is -0.0816. The lowest BCUT2D eigenvalue weighted by atomic mass is 10.1. The maximum atomic E-state index is 5.94. The summed E-state index contributed by atoms with van der Waals surface area (Å²) in [6.45, 7) is 4.13. The first-order chi connectivity index (χ1) is 13.7. The average Bonchev–Trinajstić information content (AvgIpc) is 3.28. The van der Waals surface area contributed by atoms with Gasteiger partial charge in [-0.2, -0.15) is 0 Å². The molecule has 7 heteroatoms. The summed E-state index contributed by atoms with van der Waals surface area (Å²) in [5.41, 5.74) is 1.24. The van der Waals surface area contributed by atoms with E-state index in [1.165, 1.54) is 5.56 Å². The highest BCUT2D eigenvalue weighted by Crippen LogP contribution is 2.28. The van der Waals surface area contributed by atoms with Crippen molar-refractivity contribution >= 4 is 5.96 Å². The lowest BCUT2D eigenvalue weighted by Gasteiger charge is -2.37. The highest BCUT2D eigenvalue weighted by Gasteiger charge is 2.32. The topological polar surface area (TPSA) is 64.6 Å². The zero-order valence-corrected chi connectivity index (χ0v) is 17.3. The monoisotopic (exact) mass is 391 g/mol. The number of hydrogen-bond donors (Lipinski definition) is 1. The standard InChI is InChI=1S/C21H33N3O4/c1-22-21(24-11-13-28-20(15-24)18-7-5-12-27-18)23-10-4-6-16-8-9-17(25-2)19(14-16)26-3/h8-9,14,18,20H,4-7,10-13,15H2,1-3H3,(H,22,23). The number of benzene rings is 1. The summed E-state index contributed by atoms with van der Waals surface area (Å²) in [6.07, 6.45) is 4.57. The van der Waals surface area contributed by atoms with E-state index in [-0.39, 0.29) is 12.2 Å². The Morgan fingerprint density at radius 1 is 1.18 bits per heavy atom. The molecule has 2 aliphatic heterocycles. The molecule has 2 aliphatic rings. The number of methoxy groups -OCH3 is 2. The van der Waals surface area contributed by atoms with Crippen LogP contribution in [0.2, 0.25) is 0 Å². The number of hydrogen-bond acceptors (Lipinski definition) is 5. The largest absolute Gasteiger partial charge is 0.493 e. The fourth-order valence-corrected chi connectivity index (χ4v) is 3.85. The van der Waals surface area contributed by atoms with E-state index in [0.29, 0.717) is 0 Å². The molecule has 2 fully saturated rings. The van der Waals surface area contributed by atoms with Crippen molar-refractivity contribution in [1.29, 1.82) is 0 Å². The summed E-state index contributed by atoms with van der Waals surface area (Å²) in [5, 5.41) is 3.50. The lowest BCUT2D eigenvalue weighted by Crippen LogP contribution is -2.53. The SMILES string of the molecule is CN=C(NCCCc1ccc(OC)c(OC)c1)N1CCOC(C2CCCO2)C1. The predicted molar refractivity (Wildman–Crippen MR) is 110 cm³/mol. The van der Waals surface area contributed by atoms with Crippen LogP contribution in [0.3, 0.4) is 0 Å². The molecule has 7 nitrogen and oxygen atoms in total. The van der Waals surface area contributed by atoms with Gasteiger partial charge in [0.25, 0.3) is 0 Å². The molecule has 0 saturated carbocycles. The zero-order valence-electron chi connectivity index (χ0n) is 17.3. The molecule has 3 rings (SSSR count). The Morgan fingerprint density at radius 2 is 2.00 bits per heavy atom. The quantitative estimate of drug-likeness (QED) is 0.436. The minimum Gasteiger partial charge on any atom is -0.493 e. The Morgan fingerprint density at radius 3 is 2.71 bits per heavy atom. The van der Waals surface area contributed by atoms with Crippen LogP contribution in [-0.4, -0.2) is 77.2 Å². The third-order valence-electron chi connectivity index (χ3n) is 5.36. The van der Waals surface area contributed by atoms with Crippen LogP contribution >= 0.6 is 0 Å². The summed E-state index contributed by atoms with van der Waals surface area (Å²) in [5.74, 6) is 2.48. The Hall–Kier alpha value is -1.99. The van der Waals surface area contributed by atoms with Gasteiger partial charge in [-0.05, 0) is 43.4 Å². The van der Waals surface area contributed by atoms with Gasteiger partial charge in [-0.15, -0.1) is 0 Å². The van der Waals surface area contributed by atoms with Crippen LogP contribution in [0, 0.1) is 0 Å². The second-order valence-corrected chi connectivity index (χ2v) is 7.17. The Labute approximate surface area is 168 Å². The van der Waals surface area contributed by atoms with E-state index in [2.05, 4.69) is 21.3 Å². The molecule has 0 aromatic heterocycles. The highest BCUT2D eigenvalue weighted by atomic mass is 16.5. The van der Waals surface area contributed by atoms with Crippen molar-refractivity contribution in [2.45, 2.75) is 37.9 Å². The zero-order chi connectivity index (χ0) is 19.8. The molecule has 2 saturated heterocycles. The molecule has 2 unspecified atom stereocenters. The van der Waals surface area contributed by atoms with Gasteiger partial charge in [0.05, 0.1) is 26.9 Å². The molecule has 2 atom stereocenters. The van der Waals surface area contributed by atoms with Crippen molar-refractivity contribution < 1.29 is 18.9 Å². The Kier molecular flexibility index (Phi) is 7.80. The third kappa shape index (κ3) is 5.29. The van der Waals surface area contributed by atoms with Gasteiger partial charge in [0.2, 0.25) is 0 Å². The van der Waals surface area contributed by atoms with Gasteiger partial charge < -0.3 is 29.2 Å². The van der Waals surface area contributed by atoms with Crippen LogP contribution in [0.25, 0.3) is 0 Å². The van der Waals surface area contributed by atoms with Gasteiger partial charge in [0, 0.05) is 33.3 Å². The number of rotatable bonds is 7. The van der Waals surface area contributed by atoms with Crippen molar-refractivity contribution in [3.8, 4) is 11.5 Å². The van der Waals surface area contributed by atoms with Crippen molar-refractivity contribution in [2.24, 2.45) is 4.99 Å². The van der Waals surface area contributed by atoms with Crippen LogP contribution in [0.15, 0.2) is 23.2 Å². The van der Waals surface area contributed by atoms with Crippen molar-refractivity contribution in [3.05, 3.63) is 23.8 Å². The molecular formula is C21H33N3O4. The number of guanidine groups is 1. The summed E-state index contributed by atoms with van der Waals surface area (Å²) in [7, 11) is 5.16. The average molecular weight is 392 g/mol. The first-order valence-corrected chi connectivity index (χ1v) is 10.1. The number of morpholine rings is 1. The fraction of sp³-hybridized carbons (Fsp3) is 0.667. The van der Waals surface area contributed by atoms with Crippen molar-refractivity contribution in [1.82, 2.24) is 10.2 Å². The van der Waals surface area contributed by atoms with E-state index in [9.17, 15) is 0 Å². The summed E-state index contributed by atoms with van der Waals surface area (Å²) >= 11 is 0. The molecule has 1 N–H and O–H groups in total. The number of ether oxygens (including phenoxy) is 4. The van der Waals surface area contributed by atoms with Gasteiger partial charge in [0.15, 0.2) is 17.5 Å². The van der Waals surface area contributed by atoms with E-state index in [4.69, 9.17) is 18.9 Å². The Balaban J connectivity index is 1.45. The second kappa shape index (κ2) is 10.5. The highest BCUT2D eigenvalue weighted by molar-refractivity contribution is 5.80. The van der Waals surface area contributed by atoms with Gasteiger partial charge in [-0.25, -0.2) is 0 Å². The molecule has 2 heterocycles. The van der Waals surface area contributed by atoms with Crippen LogP contribution < -0.4 is 14.8 Å². The molecule has 0 bridgehead atoms. The van der Waals surface area contributed by atoms with E-state index >= 15 is 0 Å². The molecule has 0 spiro atoms. The normalized spacial score (nSPS) is 23.0. The molecule has 1 aromatic carbocycles. The van der Waals surface area contributed by atoms with Gasteiger partial charge in [-0.3, -0.25) is 4.99 Å². The fourth-order valence-electron chi connectivity index (χ4n) is 3.85.